The van der Waals surface area contributed by atoms with Crippen LogP contribution in [0.1, 0.15) is 253 Å². The quantitative estimate of drug-likeness (QED) is 0.0352. The van der Waals surface area contributed by atoms with Gasteiger partial charge in [0.2, 0.25) is 0 Å². The lowest BCUT2D eigenvalue weighted by molar-refractivity contribution is -0.167. The Morgan fingerprint density at radius 2 is 0.717 bits per heavy atom. The lowest BCUT2D eigenvalue weighted by Gasteiger charge is -2.18. The largest absolute Gasteiger partial charge is 0.462 e. The number of carbonyl (C=O) groups is 3. The third kappa shape index (κ3) is 39.9. The Kier molecular flexibility index (Phi) is 38.9. The molecule has 0 N–H and O–H groups in total. The molecule has 0 aliphatic heterocycles. The maximum absolute atomic E-state index is 12.7. The molecule has 1 unspecified atom stereocenters. The van der Waals surface area contributed by atoms with Crippen LogP contribution < -0.4 is 0 Å². The molecule has 0 radical (unpaired) electrons. The topological polar surface area (TPSA) is 78.9 Å². The van der Waals surface area contributed by atoms with E-state index in [0.29, 0.717) is 19.3 Å². The molecule has 0 spiro atoms. The zero-order valence-corrected chi connectivity index (χ0v) is 36.1. The summed E-state index contributed by atoms with van der Waals surface area (Å²) in [4.78, 5) is 37.7. The minimum Gasteiger partial charge on any atom is -0.462 e. The van der Waals surface area contributed by atoms with E-state index in [4.69, 9.17) is 14.2 Å². The summed E-state index contributed by atoms with van der Waals surface area (Å²) < 4.78 is 16.7. The van der Waals surface area contributed by atoms with Crippen molar-refractivity contribution in [1.29, 1.82) is 0 Å². The van der Waals surface area contributed by atoms with E-state index in [1.807, 2.05) is 0 Å². The van der Waals surface area contributed by atoms with E-state index in [2.05, 4.69) is 34.6 Å². The highest BCUT2D eigenvalue weighted by Gasteiger charge is 2.19. The van der Waals surface area contributed by atoms with Gasteiger partial charge in [0, 0.05) is 19.3 Å². The number of hydrogen-bond acceptors (Lipinski definition) is 6. The van der Waals surface area contributed by atoms with Gasteiger partial charge in [-0.3, -0.25) is 14.4 Å². The van der Waals surface area contributed by atoms with Crippen molar-refractivity contribution in [2.45, 2.75) is 259 Å². The Hall–Kier alpha value is -1.59. The fourth-order valence-electron chi connectivity index (χ4n) is 6.90. The van der Waals surface area contributed by atoms with E-state index >= 15 is 0 Å². The predicted molar refractivity (Wildman–Crippen MR) is 224 cm³/mol. The highest BCUT2D eigenvalue weighted by atomic mass is 16.6. The Morgan fingerprint density at radius 3 is 1.08 bits per heavy atom. The fraction of sp³-hybridized carbons (Fsp3) is 0.936. The highest BCUT2D eigenvalue weighted by molar-refractivity contribution is 5.71. The number of carbonyl (C=O) groups excluding carboxylic acids is 3. The summed E-state index contributed by atoms with van der Waals surface area (Å²) in [6.45, 7) is 11.3. The lowest BCUT2D eigenvalue weighted by atomic mass is 9.99. The third-order valence-electron chi connectivity index (χ3n) is 10.8. The summed E-state index contributed by atoms with van der Waals surface area (Å²) in [7, 11) is 0. The molecule has 0 rings (SSSR count). The number of hydrogen-bond donors (Lipinski definition) is 0. The molecule has 0 aliphatic rings. The summed E-state index contributed by atoms with van der Waals surface area (Å²) in [5.74, 6) is 0.770. The molecule has 314 valence electrons. The standard InChI is InChI=1S/C47H90O6/c1-6-8-9-10-11-12-13-14-15-16-23-29-34-39-47(50)53-44(41-52-46(49)38-33-28-24-19-20-25-30-35-42(3)4)40-51-45(48)37-32-27-22-18-17-21-26-31-36-43(5)7-2/h42-44H,6-41H2,1-5H3/t43?,44-/m1/s1. The molecule has 0 fully saturated rings. The van der Waals surface area contributed by atoms with Gasteiger partial charge in [0.05, 0.1) is 0 Å². The Morgan fingerprint density at radius 1 is 0.396 bits per heavy atom. The molecular weight excluding hydrogens is 661 g/mol. The molecule has 53 heavy (non-hydrogen) atoms. The molecule has 0 saturated carbocycles. The zero-order chi connectivity index (χ0) is 39.0. The smallest absolute Gasteiger partial charge is 0.306 e. The SMILES string of the molecule is CCCCCCCCCCCCCCCC(=O)O[C@H](COC(=O)CCCCCCCCCCC(C)CC)COC(=O)CCCCCCCCCC(C)C. The molecule has 2 atom stereocenters. The summed E-state index contributed by atoms with van der Waals surface area (Å²) in [5, 5.41) is 0. The molecule has 0 saturated heterocycles. The summed E-state index contributed by atoms with van der Waals surface area (Å²) in [5.41, 5.74) is 0. The van der Waals surface area contributed by atoms with E-state index in [1.165, 1.54) is 141 Å². The molecule has 6 nitrogen and oxygen atoms in total. The van der Waals surface area contributed by atoms with Crippen molar-refractivity contribution in [2.75, 3.05) is 13.2 Å². The molecule has 0 aliphatic carbocycles. The van der Waals surface area contributed by atoms with Crippen molar-refractivity contribution < 1.29 is 28.6 Å². The molecule has 0 aromatic heterocycles. The van der Waals surface area contributed by atoms with Gasteiger partial charge >= 0.3 is 17.9 Å². The molecule has 6 heteroatoms. The molecular formula is C47H90O6. The van der Waals surface area contributed by atoms with E-state index in [1.54, 1.807) is 0 Å². The molecule has 0 amide bonds. The Bertz CT molecular complexity index is 811. The average Bonchev–Trinajstić information content (AvgIpc) is 3.14. The van der Waals surface area contributed by atoms with E-state index in [9.17, 15) is 14.4 Å². The third-order valence-corrected chi connectivity index (χ3v) is 10.8. The van der Waals surface area contributed by atoms with Gasteiger partial charge in [-0.1, -0.05) is 214 Å². The first-order chi connectivity index (χ1) is 25.8. The van der Waals surface area contributed by atoms with Crippen LogP contribution in [0.25, 0.3) is 0 Å². The maximum Gasteiger partial charge on any atom is 0.306 e. The highest BCUT2D eigenvalue weighted by Crippen LogP contribution is 2.17. The number of unbranched alkanes of at least 4 members (excludes halogenated alkanes) is 25. The Balaban J connectivity index is 4.34. The zero-order valence-electron chi connectivity index (χ0n) is 36.1. The minimum absolute atomic E-state index is 0.0656. The number of rotatable bonds is 41. The van der Waals surface area contributed by atoms with Crippen molar-refractivity contribution in [3.8, 4) is 0 Å². The molecule has 0 bridgehead atoms. The van der Waals surface area contributed by atoms with Crippen LogP contribution in [-0.4, -0.2) is 37.2 Å². The predicted octanol–water partition coefficient (Wildman–Crippen LogP) is 14.6. The van der Waals surface area contributed by atoms with Crippen LogP contribution in [0.2, 0.25) is 0 Å². The lowest BCUT2D eigenvalue weighted by Crippen LogP contribution is -2.30. The van der Waals surface area contributed by atoms with Crippen LogP contribution in [-0.2, 0) is 28.6 Å². The van der Waals surface area contributed by atoms with Crippen molar-refractivity contribution in [3.63, 3.8) is 0 Å². The molecule has 0 aromatic rings. The maximum atomic E-state index is 12.7. The van der Waals surface area contributed by atoms with Crippen molar-refractivity contribution in [1.82, 2.24) is 0 Å². The van der Waals surface area contributed by atoms with Gasteiger partial charge in [-0.15, -0.1) is 0 Å². The van der Waals surface area contributed by atoms with Crippen molar-refractivity contribution >= 4 is 17.9 Å². The molecule has 0 aromatic carbocycles. The summed E-state index contributed by atoms with van der Waals surface area (Å²) in [6, 6.07) is 0. The second-order valence-corrected chi connectivity index (χ2v) is 16.8. The first-order valence-electron chi connectivity index (χ1n) is 23.3. The van der Waals surface area contributed by atoms with Gasteiger partial charge < -0.3 is 14.2 Å². The van der Waals surface area contributed by atoms with Crippen molar-refractivity contribution in [2.24, 2.45) is 11.8 Å². The number of ether oxygens (including phenoxy) is 3. The van der Waals surface area contributed by atoms with Crippen LogP contribution in [0.5, 0.6) is 0 Å². The second kappa shape index (κ2) is 40.1. The summed E-state index contributed by atoms with van der Waals surface area (Å²) >= 11 is 0. The van der Waals surface area contributed by atoms with Crippen LogP contribution in [0.3, 0.4) is 0 Å². The average molecular weight is 751 g/mol. The van der Waals surface area contributed by atoms with Crippen LogP contribution in [0, 0.1) is 11.8 Å². The van der Waals surface area contributed by atoms with Gasteiger partial charge in [-0.25, -0.2) is 0 Å². The van der Waals surface area contributed by atoms with Crippen LogP contribution in [0.4, 0.5) is 0 Å². The van der Waals surface area contributed by atoms with Gasteiger partial charge in [0.25, 0.3) is 0 Å². The normalized spacial score (nSPS) is 12.6. The second-order valence-electron chi connectivity index (χ2n) is 16.8. The first kappa shape index (κ1) is 51.4. The van der Waals surface area contributed by atoms with E-state index < -0.39 is 6.10 Å². The van der Waals surface area contributed by atoms with Gasteiger partial charge in [0.1, 0.15) is 13.2 Å². The monoisotopic (exact) mass is 751 g/mol. The van der Waals surface area contributed by atoms with E-state index in [0.717, 1.165) is 69.6 Å². The fourth-order valence-corrected chi connectivity index (χ4v) is 6.90. The first-order valence-corrected chi connectivity index (χ1v) is 23.3. The van der Waals surface area contributed by atoms with Crippen LogP contribution >= 0.6 is 0 Å². The van der Waals surface area contributed by atoms with Gasteiger partial charge in [0.15, 0.2) is 6.10 Å². The Labute approximate surface area is 329 Å². The van der Waals surface area contributed by atoms with Gasteiger partial charge in [-0.2, -0.15) is 0 Å². The summed E-state index contributed by atoms with van der Waals surface area (Å²) in [6.07, 6.45) is 38.0. The number of esters is 3. The van der Waals surface area contributed by atoms with Crippen molar-refractivity contribution in [3.05, 3.63) is 0 Å². The van der Waals surface area contributed by atoms with E-state index in [-0.39, 0.29) is 31.1 Å². The van der Waals surface area contributed by atoms with Crippen LogP contribution in [0.15, 0.2) is 0 Å². The van der Waals surface area contributed by atoms with Gasteiger partial charge in [-0.05, 0) is 31.1 Å². The molecule has 0 heterocycles. The minimum atomic E-state index is -0.761.